The first kappa shape index (κ1) is 13.4. The fraction of sp³-hybridized carbons (Fsp3) is 0.308. The average Bonchev–Trinajstić information content (AvgIpc) is 2.36. The Morgan fingerprint density at radius 3 is 2.88 bits per heavy atom. The summed E-state index contributed by atoms with van der Waals surface area (Å²) in [6.07, 6.45) is 2.08. The molecule has 0 bridgehead atoms. The summed E-state index contributed by atoms with van der Waals surface area (Å²) in [7, 11) is 0. The number of rotatable bonds is 6. The molecule has 1 amide bonds. The molecule has 1 atom stereocenters. The monoisotopic (exact) mass is 234 g/mol. The number of hydrogen-bond donors (Lipinski definition) is 3. The van der Waals surface area contributed by atoms with Crippen molar-refractivity contribution in [3.63, 3.8) is 0 Å². The number of nitrogens with two attached hydrogens (primary N) is 1. The van der Waals surface area contributed by atoms with Gasteiger partial charge in [0, 0.05) is 6.54 Å². The van der Waals surface area contributed by atoms with E-state index >= 15 is 0 Å². The minimum Gasteiger partial charge on any atom is -0.392 e. The Morgan fingerprint density at radius 1 is 1.53 bits per heavy atom. The van der Waals surface area contributed by atoms with Gasteiger partial charge in [-0.15, -0.1) is 6.58 Å². The molecule has 1 rings (SSSR count). The largest absolute Gasteiger partial charge is 0.392 e. The molecule has 92 valence electrons. The smallest absolute Gasteiger partial charge is 0.237 e. The highest BCUT2D eigenvalue weighted by atomic mass is 16.3. The predicted molar refractivity (Wildman–Crippen MR) is 67.0 cm³/mol. The Balaban J connectivity index is 2.49. The van der Waals surface area contributed by atoms with E-state index in [9.17, 15) is 4.79 Å². The second-order valence-electron chi connectivity index (χ2n) is 3.83. The summed E-state index contributed by atoms with van der Waals surface area (Å²) in [4.78, 5) is 11.5. The van der Waals surface area contributed by atoms with Gasteiger partial charge in [0.15, 0.2) is 0 Å². The summed E-state index contributed by atoms with van der Waals surface area (Å²) in [6.45, 7) is 3.95. The lowest BCUT2D eigenvalue weighted by Gasteiger charge is -2.10. The van der Waals surface area contributed by atoms with Gasteiger partial charge >= 0.3 is 0 Å². The third kappa shape index (κ3) is 4.38. The van der Waals surface area contributed by atoms with Gasteiger partial charge in [0.25, 0.3) is 0 Å². The van der Waals surface area contributed by atoms with Gasteiger partial charge in [-0.05, 0) is 17.5 Å². The zero-order valence-electron chi connectivity index (χ0n) is 9.73. The number of hydrogen-bond acceptors (Lipinski definition) is 3. The molecule has 0 saturated heterocycles. The Labute approximate surface area is 101 Å². The van der Waals surface area contributed by atoms with E-state index in [1.54, 1.807) is 6.08 Å². The van der Waals surface area contributed by atoms with Crippen LogP contribution in [0.3, 0.4) is 0 Å². The van der Waals surface area contributed by atoms with Gasteiger partial charge in [-0.25, -0.2) is 0 Å². The van der Waals surface area contributed by atoms with Crippen molar-refractivity contribution in [1.29, 1.82) is 0 Å². The van der Waals surface area contributed by atoms with Crippen LogP contribution in [0, 0.1) is 0 Å². The van der Waals surface area contributed by atoms with E-state index in [1.807, 2.05) is 24.3 Å². The highest BCUT2D eigenvalue weighted by molar-refractivity contribution is 5.81. The Bertz CT molecular complexity index is 391. The van der Waals surface area contributed by atoms with Crippen molar-refractivity contribution in [2.45, 2.75) is 25.6 Å². The number of aliphatic hydroxyl groups is 1. The third-order valence-electron chi connectivity index (χ3n) is 2.40. The van der Waals surface area contributed by atoms with Crippen LogP contribution in [0.25, 0.3) is 0 Å². The van der Waals surface area contributed by atoms with E-state index < -0.39 is 6.04 Å². The molecular weight excluding hydrogens is 216 g/mol. The first-order valence-electron chi connectivity index (χ1n) is 5.50. The molecule has 1 aromatic rings. The van der Waals surface area contributed by atoms with Gasteiger partial charge in [-0.3, -0.25) is 4.79 Å². The van der Waals surface area contributed by atoms with E-state index in [2.05, 4.69) is 11.9 Å². The SMILES string of the molecule is C=CCC(N)C(=O)NCc1cccc(CO)c1. The normalized spacial score (nSPS) is 11.9. The molecule has 0 aliphatic rings. The summed E-state index contributed by atoms with van der Waals surface area (Å²) in [5.41, 5.74) is 7.39. The Morgan fingerprint density at radius 2 is 2.24 bits per heavy atom. The molecule has 0 aliphatic heterocycles. The zero-order valence-corrected chi connectivity index (χ0v) is 9.73. The maximum Gasteiger partial charge on any atom is 0.237 e. The summed E-state index contributed by atoms with van der Waals surface area (Å²) in [5, 5.41) is 11.7. The number of nitrogens with one attached hydrogen (secondary N) is 1. The van der Waals surface area contributed by atoms with Crippen molar-refractivity contribution in [1.82, 2.24) is 5.32 Å². The van der Waals surface area contributed by atoms with E-state index in [4.69, 9.17) is 10.8 Å². The standard InChI is InChI=1S/C13H18N2O2/c1-2-4-12(14)13(17)15-8-10-5-3-6-11(7-10)9-16/h2-3,5-7,12,16H,1,4,8-9,14H2,(H,15,17). The Hall–Kier alpha value is -1.65. The van der Waals surface area contributed by atoms with E-state index in [0.717, 1.165) is 11.1 Å². The van der Waals surface area contributed by atoms with Crippen LogP contribution in [0.2, 0.25) is 0 Å². The quantitative estimate of drug-likeness (QED) is 0.634. The molecule has 0 heterocycles. The number of aliphatic hydroxyl groups excluding tert-OH is 1. The van der Waals surface area contributed by atoms with Crippen LogP contribution in [-0.2, 0) is 17.9 Å². The van der Waals surface area contributed by atoms with Crippen molar-refractivity contribution in [3.8, 4) is 0 Å². The molecule has 0 fully saturated rings. The van der Waals surface area contributed by atoms with Crippen molar-refractivity contribution in [2.24, 2.45) is 5.73 Å². The highest BCUT2D eigenvalue weighted by Crippen LogP contribution is 2.05. The summed E-state index contributed by atoms with van der Waals surface area (Å²) in [6, 6.07) is 6.86. The molecular formula is C13H18N2O2. The molecule has 0 radical (unpaired) electrons. The van der Waals surface area contributed by atoms with Gasteiger partial charge in [-0.2, -0.15) is 0 Å². The van der Waals surface area contributed by atoms with Crippen LogP contribution >= 0.6 is 0 Å². The molecule has 4 nitrogen and oxygen atoms in total. The molecule has 0 aromatic heterocycles. The first-order valence-corrected chi connectivity index (χ1v) is 5.50. The van der Waals surface area contributed by atoms with Crippen LogP contribution in [0.1, 0.15) is 17.5 Å². The molecule has 1 aromatic carbocycles. The van der Waals surface area contributed by atoms with Crippen LogP contribution in [-0.4, -0.2) is 17.1 Å². The number of carbonyl (C=O) groups is 1. The fourth-order valence-corrected chi connectivity index (χ4v) is 1.44. The van der Waals surface area contributed by atoms with Gasteiger partial charge < -0.3 is 16.2 Å². The van der Waals surface area contributed by atoms with Crippen molar-refractivity contribution in [2.75, 3.05) is 0 Å². The van der Waals surface area contributed by atoms with Crippen molar-refractivity contribution in [3.05, 3.63) is 48.0 Å². The van der Waals surface area contributed by atoms with Crippen molar-refractivity contribution < 1.29 is 9.90 Å². The second kappa shape index (κ2) is 6.83. The fourth-order valence-electron chi connectivity index (χ4n) is 1.44. The average molecular weight is 234 g/mol. The van der Waals surface area contributed by atoms with Crippen molar-refractivity contribution >= 4 is 5.91 Å². The third-order valence-corrected chi connectivity index (χ3v) is 2.40. The lowest BCUT2D eigenvalue weighted by Crippen LogP contribution is -2.39. The lowest BCUT2D eigenvalue weighted by molar-refractivity contribution is -0.122. The van der Waals surface area contributed by atoms with E-state index in [-0.39, 0.29) is 12.5 Å². The maximum atomic E-state index is 11.5. The van der Waals surface area contributed by atoms with E-state index in [0.29, 0.717) is 13.0 Å². The van der Waals surface area contributed by atoms with Gasteiger partial charge in [-0.1, -0.05) is 30.3 Å². The summed E-state index contributed by atoms with van der Waals surface area (Å²) in [5.74, 6) is -0.195. The minimum atomic E-state index is -0.548. The highest BCUT2D eigenvalue weighted by Gasteiger charge is 2.10. The maximum absolute atomic E-state index is 11.5. The molecule has 0 spiro atoms. The van der Waals surface area contributed by atoms with Crippen LogP contribution < -0.4 is 11.1 Å². The molecule has 4 N–H and O–H groups in total. The van der Waals surface area contributed by atoms with Crippen LogP contribution in [0.15, 0.2) is 36.9 Å². The summed E-state index contributed by atoms with van der Waals surface area (Å²) < 4.78 is 0. The lowest BCUT2D eigenvalue weighted by atomic mass is 10.1. The van der Waals surface area contributed by atoms with Gasteiger partial charge in [0.05, 0.1) is 12.6 Å². The topological polar surface area (TPSA) is 75.4 Å². The number of amides is 1. The second-order valence-corrected chi connectivity index (χ2v) is 3.83. The molecule has 0 aliphatic carbocycles. The molecule has 4 heteroatoms. The van der Waals surface area contributed by atoms with Gasteiger partial charge in [0.1, 0.15) is 0 Å². The van der Waals surface area contributed by atoms with Crippen LogP contribution in [0.5, 0.6) is 0 Å². The Kier molecular flexibility index (Phi) is 5.39. The molecule has 1 unspecified atom stereocenters. The molecule has 17 heavy (non-hydrogen) atoms. The molecule has 0 saturated carbocycles. The van der Waals surface area contributed by atoms with E-state index in [1.165, 1.54) is 0 Å². The number of benzene rings is 1. The minimum absolute atomic E-state index is 0.00222. The summed E-state index contributed by atoms with van der Waals surface area (Å²) >= 11 is 0. The van der Waals surface area contributed by atoms with Crippen LogP contribution in [0.4, 0.5) is 0 Å². The zero-order chi connectivity index (χ0) is 12.7. The first-order chi connectivity index (χ1) is 8.17. The predicted octanol–water partition coefficient (Wildman–Crippen LogP) is 0.698. The number of carbonyl (C=O) groups excluding carboxylic acids is 1. The van der Waals surface area contributed by atoms with Gasteiger partial charge in [0.2, 0.25) is 5.91 Å².